The van der Waals surface area contributed by atoms with Crippen molar-refractivity contribution in [2.75, 3.05) is 11.9 Å². The van der Waals surface area contributed by atoms with Crippen molar-refractivity contribution in [1.29, 1.82) is 0 Å². The SMILES string of the molecule is CCCCCCCCN1C(=O)C(Cl)=C(c2ccc(NC(C)=O)cc2)C1=O. The molecule has 0 fully saturated rings. The van der Waals surface area contributed by atoms with Crippen molar-refractivity contribution < 1.29 is 14.4 Å². The van der Waals surface area contributed by atoms with E-state index in [9.17, 15) is 14.4 Å². The summed E-state index contributed by atoms with van der Waals surface area (Å²) in [5.74, 6) is -0.945. The molecule has 2 rings (SSSR count). The van der Waals surface area contributed by atoms with Gasteiger partial charge in [0.05, 0.1) is 5.57 Å². The van der Waals surface area contributed by atoms with Crippen LogP contribution < -0.4 is 5.32 Å². The van der Waals surface area contributed by atoms with E-state index >= 15 is 0 Å². The molecule has 26 heavy (non-hydrogen) atoms. The Balaban J connectivity index is 2.00. The highest BCUT2D eigenvalue weighted by molar-refractivity contribution is 6.55. The minimum Gasteiger partial charge on any atom is -0.326 e. The Morgan fingerprint density at radius 3 is 2.23 bits per heavy atom. The second-order valence-corrected chi connectivity index (χ2v) is 6.86. The van der Waals surface area contributed by atoms with E-state index in [2.05, 4.69) is 12.2 Å². The number of nitrogens with zero attached hydrogens (tertiary/aromatic N) is 1. The Morgan fingerprint density at radius 2 is 1.62 bits per heavy atom. The number of anilines is 1. The Hall–Kier alpha value is -2.14. The van der Waals surface area contributed by atoms with Gasteiger partial charge in [-0.2, -0.15) is 0 Å². The van der Waals surface area contributed by atoms with Gasteiger partial charge in [0.25, 0.3) is 11.8 Å². The van der Waals surface area contributed by atoms with Crippen LogP contribution in [0.25, 0.3) is 5.57 Å². The lowest BCUT2D eigenvalue weighted by atomic mass is 10.1. The molecule has 1 aliphatic heterocycles. The van der Waals surface area contributed by atoms with Crippen LogP contribution in [0.15, 0.2) is 29.3 Å². The highest BCUT2D eigenvalue weighted by Crippen LogP contribution is 2.32. The summed E-state index contributed by atoms with van der Waals surface area (Å²) in [7, 11) is 0. The van der Waals surface area contributed by atoms with Crippen LogP contribution in [0.2, 0.25) is 0 Å². The maximum atomic E-state index is 12.6. The van der Waals surface area contributed by atoms with Crippen molar-refractivity contribution in [1.82, 2.24) is 4.90 Å². The monoisotopic (exact) mass is 376 g/mol. The summed E-state index contributed by atoms with van der Waals surface area (Å²) in [6, 6.07) is 6.73. The highest BCUT2D eigenvalue weighted by atomic mass is 35.5. The number of hydrogen-bond donors (Lipinski definition) is 1. The quantitative estimate of drug-likeness (QED) is 0.515. The minimum atomic E-state index is -0.425. The first-order chi connectivity index (χ1) is 12.5. The first-order valence-electron chi connectivity index (χ1n) is 9.09. The lowest BCUT2D eigenvalue weighted by molar-refractivity contribution is -0.136. The van der Waals surface area contributed by atoms with Crippen molar-refractivity contribution >= 4 is 40.6 Å². The predicted octanol–water partition coefficient (Wildman–Crippen LogP) is 4.32. The number of rotatable bonds is 9. The van der Waals surface area contributed by atoms with Crippen LogP contribution in [-0.2, 0) is 14.4 Å². The molecule has 0 aliphatic carbocycles. The van der Waals surface area contributed by atoms with E-state index < -0.39 is 5.91 Å². The summed E-state index contributed by atoms with van der Waals surface area (Å²) in [5, 5.41) is 2.63. The van der Waals surface area contributed by atoms with Gasteiger partial charge in [-0.1, -0.05) is 62.8 Å². The third-order valence-corrected chi connectivity index (χ3v) is 4.69. The van der Waals surface area contributed by atoms with Crippen LogP contribution in [0.3, 0.4) is 0 Å². The summed E-state index contributed by atoms with van der Waals surface area (Å²) < 4.78 is 0. The first kappa shape index (κ1) is 20.2. The van der Waals surface area contributed by atoms with E-state index in [1.807, 2.05) is 0 Å². The number of nitrogens with one attached hydrogen (secondary N) is 1. The fourth-order valence-corrected chi connectivity index (χ4v) is 3.27. The molecule has 3 amide bonds. The number of imide groups is 1. The van der Waals surface area contributed by atoms with Crippen LogP contribution in [-0.4, -0.2) is 29.2 Å². The number of hydrogen-bond acceptors (Lipinski definition) is 3. The Labute approximate surface area is 159 Å². The number of benzene rings is 1. The maximum absolute atomic E-state index is 12.6. The van der Waals surface area contributed by atoms with Gasteiger partial charge in [0.1, 0.15) is 5.03 Å². The average Bonchev–Trinajstić information content (AvgIpc) is 2.81. The van der Waals surface area contributed by atoms with E-state index in [-0.39, 0.29) is 22.4 Å². The van der Waals surface area contributed by atoms with E-state index in [1.54, 1.807) is 24.3 Å². The van der Waals surface area contributed by atoms with Crippen LogP contribution in [0.4, 0.5) is 5.69 Å². The highest BCUT2D eigenvalue weighted by Gasteiger charge is 2.37. The summed E-state index contributed by atoms with van der Waals surface area (Å²) in [6.07, 6.45) is 6.49. The van der Waals surface area contributed by atoms with Crippen molar-refractivity contribution in [3.05, 3.63) is 34.9 Å². The van der Waals surface area contributed by atoms with Gasteiger partial charge in [-0.3, -0.25) is 19.3 Å². The van der Waals surface area contributed by atoms with Gasteiger partial charge in [0, 0.05) is 19.2 Å². The topological polar surface area (TPSA) is 66.5 Å². The molecule has 1 N–H and O–H groups in total. The average molecular weight is 377 g/mol. The molecular formula is C20H25ClN2O3. The van der Waals surface area contributed by atoms with Crippen LogP contribution in [0.1, 0.15) is 57.9 Å². The van der Waals surface area contributed by atoms with E-state index in [0.29, 0.717) is 17.8 Å². The lowest BCUT2D eigenvalue weighted by Gasteiger charge is -2.14. The molecule has 1 aromatic carbocycles. The molecule has 1 aliphatic rings. The molecule has 0 bridgehead atoms. The fraction of sp³-hybridized carbons (Fsp3) is 0.450. The molecule has 0 radical (unpaired) electrons. The van der Waals surface area contributed by atoms with Crippen LogP contribution in [0.5, 0.6) is 0 Å². The number of amides is 3. The number of carbonyl (C=O) groups is 3. The molecule has 6 heteroatoms. The fourth-order valence-electron chi connectivity index (χ4n) is 2.97. The molecule has 0 atom stereocenters. The zero-order valence-corrected chi connectivity index (χ0v) is 16.1. The normalized spacial score (nSPS) is 14.3. The summed E-state index contributed by atoms with van der Waals surface area (Å²) in [4.78, 5) is 37.3. The number of carbonyl (C=O) groups excluding carboxylic acids is 3. The van der Waals surface area contributed by atoms with Crippen molar-refractivity contribution in [3.8, 4) is 0 Å². The summed E-state index contributed by atoms with van der Waals surface area (Å²) >= 11 is 6.16. The molecule has 0 unspecified atom stereocenters. The van der Waals surface area contributed by atoms with Gasteiger partial charge in [-0.05, 0) is 24.1 Å². The van der Waals surface area contributed by atoms with E-state index in [4.69, 9.17) is 11.6 Å². The predicted molar refractivity (Wildman–Crippen MR) is 104 cm³/mol. The van der Waals surface area contributed by atoms with Crippen LogP contribution in [0, 0.1) is 0 Å². The van der Waals surface area contributed by atoms with Gasteiger partial charge >= 0.3 is 0 Å². The summed E-state index contributed by atoms with van der Waals surface area (Å²) in [5.41, 5.74) is 1.43. The van der Waals surface area contributed by atoms with E-state index in [1.165, 1.54) is 31.1 Å². The zero-order chi connectivity index (χ0) is 19.1. The zero-order valence-electron chi connectivity index (χ0n) is 15.3. The largest absolute Gasteiger partial charge is 0.326 e. The lowest BCUT2D eigenvalue weighted by Crippen LogP contribution is -2.32. The molecule has 0 aromatic heterocycles. The molecule has 140 valence electrons. The second-order valence-electron chi connectivity index (χ2n) is 6.48. The minimum absolute atomic E-state index is 0.0340. The van der Waals surface area contributed by atoms with Crippen molar-refractivity contribution in [3.63, 3.8) is 0 Å². The molecule has 0 saturated heterocycles. The standard InChI is InChI=1S/C20H25ClN2O3/c1-3-4-5-6-7-8-13-23-19(25)17(18(21)20(23)26)15-9-11-16(12-10-15)22-14(2)24/h9-12H,3-8,13H2,1-2H3,(H,22,24). The van der Waals surface area contributed by atoms with Gasteiger partial charge < -0.3 is 5.32 Å². The first-order valence-corrected chi connectivity index (χ1v) is 9.47. The molecule has 0 spiro atoms. The van der Waals surface area contributed by atoms with Gasteiger partial charge in [0.15, 0.2) is 0 Å². The molecular weight excluding hydrogens is 352 g/mol. The smallest absolute Gasteiger partial charge is 0.273 e. The Bertz CT molecular complexity index is 710. The molecule has 1 heterocycles. The molecule has 0 saturated carbocycles. The van der Waals surface area contributed by atoms with Crippen molar-refractivity contribution in [2.24, 2.45) is 0 Å². The van der Waals surface area contributed by atoms with Gasteiger partial charge in [-0.25, -0.2) is 0 Å². The number of unbranched alkanes of at least 4 members (excludes halogenated alkanes) is 5. The Morgan fingerprint density at radius 1 is 1.00 bits per heavy atom. The van der Waals surface area contributed by atoms with E-state index in [0.717, 1.165) is 19.3 Å². The summed E-state index contributed by atoms with van der Waals surface area (Å²) in [6.45, 7) is 3.99. The number of halogens is 1. The van der Waals surface area contributed by atoms with Crippen molar-refractivity contribution in [2.45, 2.75) is 52.4 Å². The third kappa shape index (κ3) is 4.94. The Kier molecular flexibility index (Phi) is 7.39. The van der Waals surface area contributed by atoms with Crippen LogP contribution >= 0.6 is 11.6 Å². The van der Waals surface area contributed by atoms with Gasteiger partial charge in [0.2, 0.25) is 5.91 Å². The molecule has 5 nitrogen and oxygen atoms in total. The maximum Gasteiger partial charge on any atom is 0.273 e. The third-order valence-electron chi connectivity index (χ3n) is 4.34. The van der Waals surface area contributed by atoms with Gasteiger partial charge in [-0.15, -0.1) is 0 Å². The molecule has 1 aromatic rings. The second kappa shape index (κ2) is 9.53.